The first-order valence-electron chi connectivity index (χ1n) is 2.64. The molecule has 9 heavy (non-hydrogen) atoms. The number of hydrogen-bond acceptors (Lipinski definition) is 1. The van der Waals surface area contributed by atoms with Gasteiger partial charge in [0, 0.05) is 4.88 Å². The molecule has 1 aromatic heterocycles. The standard InChI is InChI=1S/C7H7FS/c1-2-6(8)7-4-3-5-9-7/h2-6H,1H2. The molecule has 48 valence electrons. The summed E-state index contributed by atoms with van der Waals surface area (Å²) in [5.74, 6) is 0. The minimum absolute atomic E-state index is 0.727. The molecule has 0 N–H and O–H groups in total. The van der Waals surface area contributed by atoms with E-state index in [4.69, 9.17) is 0 Å². The largest absolute Gasteiger partial charge is 0.237 e. The van der Waals surface area contributed by atoms with Gasteiger partial charge in [-0.1, -0.05) is 18.7 Å². The van der Waals surface area contributed by atoms with Gasteiger partial charge in [-0.3, -0.25) is 0 Å². The van der Waals surface area contributed by atoms with Gasteiger partial charge in [0.15, 0.2) is 6.17 Å². The highest BCUT2D eigenvalue weighted by molar-refractivity contribution is 7.10. The average Bonchev–Trinajstić information content (AvgIpc) is 2.37. The molecule has 0 amide bonds. The summed E-state index contributed by atoms with van der Waals surface area (Å²) >= 11 is 1.41. The zero-order valence-corrected chi connectivity index (χ0v) is 5.70. The minimum atomic E-state index is -0.981. The van der Waals surface area contributed by atoms with Crippen molar-refractivity contribution < 1.29 is 4.39 Å². The highest BCUT2D eigenvalue weighted by atomic mass is 32.1. The molecule has 0 aliphatic heterocycles. The third kappa shape index (κ3) is 1.39. The van der Waals surface area contributed by atoms with Crippen LogP contribution in [0.3, 0.4) is 0 Å². The first-order valence-corrected chi connectivity index (χ1v) is 3.52. The van der Waals surface area contributed by atoms with Crippen LogP contribution in [0.15, 0.2) is 30.2 Å². The minimum Gasteiger partial charge on any atom is -0.237 e. The van der Waals surface area contributed by atoms with Crippen molar-refractivity contribution in [2.24, 2.45) is 0 Å². The molecule has 2 heteroatoms. The molecular weight excluding hydrogens is 135 g/mol. The summed E-state index contributed by atoms with van der Waals surface area (Å²) in [5.41, 5.74) is 0. The SMILES string of the molecule is C=CC(F)c1cccs1. The topological polar surface area (TPSA) is 0 Å². The summed E-state index contributed by atoms with van der Waals surface area (Å²) in [4.78, 5) is 0.727. The lowest BCUT2D eigenvalue weighted by Crippen LogP contribution is -1.77. The van der Waals surface area contributed by atoms with Gasteiger partial charge in [0.05, 0.1) is 0 Å². The molecule has 1 aromatic rings. The van der Waals surface area contributed by atoms with E-state index in [0.717, 1.165) is 4.88 Å². The van der Waals surface area contributed by atoms with Crippen LogP contribution in [0, 0.1) is 0 Å². The Bertz CT molecular complexity index is 179. The molecule has 0 radical (unpaired) electrons. The van der Waals surface area contributed by atoms with E-state index in [-0.39, 0.29) is 0 Å². The zero-order chi connectivity index (χ0) is 6.69. The number of rotatable bonds is 2. The Hall–Kier alpha value is -0.630. The molecule has 0 spiro atoms. The Morgan fingerprint density at radius 1 is 1.78 bits per heavy atom. The van der Waals surface area contributed by atoms with Gasteiger partial charge in [-0.25, -0.2) is 4.39 Å². The Labute approximate surface area is 57.6 Å². The predicted molar refractivity (Wildman–Crippen MR) is 38.4 cm³/mol. The molecule has 1 unspecified atom stereocenters. The summed E-state index contributed by atoms with van der Waals surface area (Å²) in [5, 5.41) is 1.85. The van der Waals surface area contributed by atoms with Crippen molar-refractivity contribution in [2.75, 3.05) is 0 Å². The van der Waals surface area contributed by atoms with Crippen molar-refractivity contribution in [3.63, 3.8) is 0 Å². The van der Waals surface area contributed by atoms with Gasteiger partial charge in [0.2, 0.25) is 0 Å². The molecule has 0 saturated heterocycles. The van der Waals surface area contributed by atoms with E-state index >= 15 is 0 Å². The Kier molecular flexibility index (Phi) is 2.01. The number of halogens is 1. The van der Waals surface area contributed by atoms with Crippen LogP contribution in [-0.4, -0.2) is 0 Å². The van der Waals surface area contributed by atoms with Gasteiger partial charge < -0.3 is 0 Å². The Morgan fingerprint density at radius 2 is 2.56 bits per heavy atom. The fraction of sp³-hybridized carbons (Fsp3) is 0.143. The maximum absolute atomic E-state index is 12.6. The van der Waals surface area contributed by atoms with E-state index in [2.05, 4.69) is 6.58 Å². The summed E-state index contributed by atoms with van der Waals surface area (Å²) in [6.45, 7) is 3.35. The van der Waals surface area contributed by atoms with Crippen LogP contribution in [0.5, 0.6) is 0 Å². The van der Waals surface area contributed by atoms with Gasteiger partial charge in [-0.05, 0) is 11.4 Å². The molecule has 0 fully saturated rings. The number of thiophene rings is 1. The lowest BCUT2D eigenvalue weighted by Gasteiger charge is -1.93. The quantitative estimate of drug-likeness (QED) is 0.557. The molecule has 0 aliphatic carbocycles. The summed E-state index contributed by atoms with van der Waals surface area (Å²) < 4.78 is 12.6. The highest BCUT2D eigenvalue weighted by Crippen LogP contribution is 2.22. The van der Waals surface area contributed by atoms with Crippen LogP contribution >= 0.6 is 11.3 Å². The first kappa shape index (κ1) is 6.49. The van der Waals surface area contributed by atoms with E-state index < -0.39 is 6.17 Å². The normalized spacial score (nSPS) is 13.0. The average molecular weight is 142 g/mol. The van der Waals surface area contributed by atoms with Crippen LogP contribution in [0.4, 0.5) is 4.39 Å². The second-order valence-electron chi connectivity index (χ2n) is 1.65. The van der Waals surface area contributed by atoms with Crippen LogP contribution in [0.1, 0.15) is 11.0 Å². The molecule has 1 rings (SSSR count). The van der Waals surface area contributed by atoms with E-state index in [0.29, 0.717) is 0 Å². The smallest absolute Gasteiger partial charge is 0.152 e. The monoisotopic (exact) mass is 142 g/mol. The van der Waals surface area contributed by atoms with Gasteiger partial charge in [0.25, 0.3) is 0 Å². The van der Waals surface area contributed by atoms with Crippen LogP contribution in [-0.2, 0) is 0 Å². The molecule has 0 nitrogen and oxygen atoms in total. The second-order valence-corrected chi connectivity index (χ2v) is 2.63. The molecule has 0 aromatic carbocycles. The lowest BCUT2D eigenvalue weighted by molar-refractivity contribution is 0.421. The maximum Gasteiger partial charge on any atom is 0.152 e. The molecule has 1 heterocycles. The van der Waals surface area contributed by atoms with Crippen molar-refractivity contribution >= 4 is 11.3 Å². The van der Waals surface area contributed by atoms with E-state index in [1.54, 1.807) is 6.07 Å². The maximum atomic E-state index is 12.6. The van der Waals surface area contributed by atoms with Crippen molar-refractivity contribution in [1.29, 1.82) is 0 Å². The Balaban J connectivity index is 2.76. The first-order chi connectivity index (χ1) is 4.34. The summed E-state index contributed by atoms with van der Waals surface area (Å²) in [6, 6.07) is 3.59. The second kappa shape index (κ2) is 2.78. The van der Waals surface area contributed by atoms with Gasteiger partial charge >= 0.3 is 0 Å². The molecule has 0 saturated carbocycles. The highest BCUT2D eigenvalue weighted by Gasteiger charge is 2.03. The van der Waals surface area contributed by atoms with Crippen LogP contribution in [0.25, 0.3) is 0 Å². The zero-order valence-electron chi connectivity index (χ0n) is 4.88. The lowest BCUT2D eigenvalue weighted by atomic mass is 10.3. The fourth-order valence-corrected chi connectivity index (χ4v) is 1.26. The van der Waals surface area contributed by atoms with E-state index in [1.165, 1.54) is 17.4 Å². The molecule has 1 atom stereocenters. The summed E-state index contributed by atoms with van der Waals surface area (Å²) in [6.07, 6.45) is 0.316. The molecular formula is C7H7FS. The van der Waals surface area contributed by atoms with Gasteiger partial charge in [0.1, 0.15) is 0 Å². The van der Waals surface area contributed by atoms with E-state index in [9.17, 15) is 4.39 Å². The number of allylic oxidation sites excluding steroid dienone is 1. The van der Waals surface area contributed by atoms with Gasteiger partial charge in [-0.2, -0.15) is 0 Å². The fourth-order valence-electron chi connectivity index (χ4n) is 0.564. The van der Waals surface area contributed by atoms with Crippen molar-refractivity contribution in [1.82, 2.24) is 0 Å². The molecule has 0 bridgehead atoms. The van der Waals surface area contributed by atoms with E-state index in [1.807, 2.05) is 11.4 Å². The molecule has 0 aliphatic rings. The van der Waals surface area contributed by atoms with Gasteiger partial charge in [-0.15, -0.1) is 11.3 Å². The van der Waals surface area contributed by atoms with Crippen molar-refractivity contribution in [2.45, 2.75) is 6.17 Å². The van der Waals surface area contributed by atoms with Crippen LogP contribution in [0.2, 0.25) is 0 Å². The predicted octanol–water partition coefficient (Wildman–Crippen LogP) is 2.94. The van der Waals surface area contributed by atoms with Crippen LogP contribution < -0.4 is 0 Å². The Morgan fingerprint density at radius 3 is 3.00 bits per heavy atom. The van der Waals surface area contributed by atoms with Crippen molar-refractivity contribution in [3.8, 4) is 0 Å². The summed E-state index contributed by atoms with van der Waals surface area (Å²) in [7, 11) is 0. The number of hydrogen-bond donors (Lipinski definition) is 0. The van der Waals surface area contributed by atoms with Crippen molar-refractivity contribution in [3.05, 3.63) is 35.0 Å². The number of alkyl halides is 1. The third-order valence-corrected chi connectivity index (χ3v) is 1.95. The third-order valence-electron chi connectivity index (χ3n) is 1.02.